The summed E-state index contributed by atoms with van der Waals surface area (Å²) in [5.74, 6) is 6.86. The van der Waals surface area contributed by atoms with Crippen LogP contribution in [-0.2, 0) is 6.42 Å². The Hall–Kier alpha value is -3.72. The molecule has 0 amide bonds. The van der Waals surface area contributed by atoms with Crippen molar-refractivity contribution in [3.63, 3.8) is 0 Å². The van der Waals surface area contributed by atoms with Gasteiger partial charge in [-0.05, 0) is 59.9 Å². The first-order chi connectivity index (χ1) is 16.2. The zero-order valence-corrected chi connectivity index (χ0v) is 18.2. The number of hydrogen-bond acceptors (Lipinski definition) is 7. The monoisotopic (exact) mass is 448 g/mol. The Balaban J connectivity index is 0.000000172. The molecule has 172 valence electrons. The maximum atomic E-state index is 8.73. The summed E-state index contributed by atoms with van der Waals surface area (Å²) in [7, 11) is 0. The van der Waals surface area contributed by atoms with Crippen molar-refractivity contribution in [3.05, 3.63) is 72.4 Å². The van der Waals surface area contributed by atoms with Crippen LogP contribution in [0.2, 0.25) is 0 Å². The summed E-state index contributed by atoms with van der Waals surface area (Å²) in [6, 6.07) is 19.5. The normalized spacial score (nSPS) is 12.2. The van der Waals surface area contributed by atoms with Gasteiger partial charge in [0.15, 0.2) is 11.5 Å². The second-order valence-corrected chi connectivity index (χ2v) is 7.53. The molecule has 0 saturated carbocycles. The number of anilines is 1. The van der Waals surface area contributed by atoms with Crippen LogP contribution in [0.15, 0.2) is 66.9 Å². The van der Waals surface area contributed by atoms with E-state index >= 15 is 0 Å². The Labute approximate surface area is 192 Å². The minimum absolute atomic E-state index is 0.263. The van der Waals surface area contributed by atoms with Crippen LogP contribution in [0, 0.1) is 0 Å². The second-order valence-electron chi connectivity index (χ2n) is 7.53. The van der Waals surface area contributed by atoms with E-state index in [0.29, 0.717) is 36.1 Å². The lowest BCUT2D eigenvalue weighted by atomic mass is 10.0. The third-order valence-corrected chi connectivity index (χ3v) is 5.28. The molecule has 0 aliphatic carbocycles. The number of hydrogen-bond donors (Lipinski definition) is 5. The fourth-order valence-electron chi connectivity index (χ4n) is 3.75. The third-order valence-electron chi connectivity index (χ3n) is 5.28. The maximum absolute atomic E-state index is 8.73. The molecule has 0 fully saturated rings. The number of aromatic amines is 1. The largest absolute Gasteiger partial charge is 0.486 e. The predicted octanol–water partition coefficient (Wildman–Crippen LogP) is 3.56. The molecule has 1 aromatic heterocycles. The van der Waals surface area contributed by atoms with Crippen LogP contribution >= 0.6 is 0 Å². The molecule has 7 N–H and O–H groups in total. The molecule has 0 atom stereocenters. The topological polar surface area (TPSA) is 128 Å². The number of H-pyrrole nitrogens is 1. The summed E-state index contributed by atoms with van der Waals surface area (Å²) in [5, 5.41) is 10.0. The number of aryl methyl sites for hydroxylation is 1. The van der Waals surface area contributed by atoms with Crippen molar-refractivity contribution < 1.29 is 19.4 Å². The number of nitrogens with one attached hydrogen (secondary N) is 2. The van der Waals surface area contributed by atoms with E-state index in [9.17, 15) is 0 Å². The van der Waals surface area contributed by atoms with Gasteiger partial charge in [-0.3, -0.25) is 0 Å². The van der Waals surface area contributed by atoms with Gasteiger partial charge in [-0.25, -0.2) is 5.84 Å². The smallest absolute Gasteiger partial charge is 0.206 e. The highest BCUT2D eigenvalue weighted by molar-refractivity contribution is 5.83. The third kappa shape index (κ3) is 5.38. The number of ether oxygens (including phenoxy) is 2. The van der Waals surface area contributed by atoms with Crippen molar-refractivity contribution in [2.75, 3.05) is 25.6 Å². The number of rotatable bonds is 6. The Kier molecular flexibility index (Phi) is 7.31. The minimum atomic E-state index is 0.263. The second kappa shape index (κ2) is 10.7. The number of fused-ring (bicyclic) bond motifs is 2. The van der Waals surface area contributed by atoms with E-state index in [2.05, 4.69) is 22.7 Å². The molecule has 8 nitrogen and oxygen atoms in total. The highest BCUT2D eigenvalue weighted by Crippen LogP contribution is 2.43. The van der Waals surface area contributed by atoms with Crippen molar-refractivity contribution in [2.45, 2.75) is 12.8 Å². The molecule has 1 aliphatic rings. The first-order valence-electron chi connectivity index (χ1n) is 10.8. The zero-order valence-electron chi connectivity index (χ0n) is 18.2. The van der Waals surface area contributed by atoms with Crippen molar-refractivity contribution in [1.29, 1.82) is 0 Å². The molecule has 3 aromatic carbocycles. The molecule has 0 radical (unpaired) electrons. The average Bonchev–Trinajstić information content (AvgIpc) is 3.26. The predicted molar refractivity (Wildman–Crippen MR) is 129 cm³/mol. The van der Waals surface area contributed by atoms with E-state index < -0.39 is 0 Å². The van der Waals surface area contributed by atoms with Crippen LogP contribution < -0.4 is 31.5 Å². The Bertz CT molecular complexity index is 1210. The molecule has 0 saturated heterocycles. The number of nitrogens with two attached hydrogens (primary N) is 2. The number of aliphatic hydroxyl groups excluding tert-OH is 1. The van der Waals surface area contributed by atoms with Gasteiger partial charge in [-0.15, -0.1) is 0 Å². The number of aromatic nitrogens is 1. The van der Waals surface area contributed by atoms with E-state index in [1.165, 1.54) is 16.5 Å². The number of para-hydroxylation sites is 1. The lowest BCUT2D eigenvalue weighted by Gasteiger charge is -2.21. The van der Waals surface area contributed by atoms with Gasteiger partial charge in [-0.2, -0.15) is 0 Å². The summed E-state index contributed by atoms with van der Waals surface area (Å²) in [4.78, 5) is 8.40. The molecular formula is C25H28N4O4. The molecule has 4 aromatic rings. The summed E-state index contributed by atoms with van der Waals surface area (Å²) in [5.41, 5.74) is 13.0. The molecule has 5 rings (SSSR count). The van der Waals surface area contributed by atoms with Gasteiger partial charge < -0.3 is 30.1 Å². The van der Waals surface area contributed by atoms with Gasteiger partial charge in [0.2, 0.25) is 5.75 Å². The van der Waals surface area contributed by atoms with E-state index in [1.54, 1.807) is 0 Å². The fraction of sp³-hybridized carbons (Fsp3) is 0.200. The zero-order chi connectivity index (χ0) is 23.0. The first kappa shape index (κ1) is 22.5. The van der Waals surface area contributed by atoms with Crippen LogP contribution in [0.1, 0.15) is 12.0 Å². The number of nitrogen functional groups attached to an aromatic ring is 1. The Morgan fingerprint density at radius 3 is 2.67 bits per heavy atom. The fourth-order valence-corrected chi connectivity index (χ4v) is 3.75. The van der Waals surface area contributed by atoms with Crippen molar-refractivity contribution in [1.82, 2.24) is 10.6 Å². The van der Waals surface area contributed by atoms with Crippen molar-refractivity contribution in [3.8, 4) is 28.4 Å². The Morgan fingerprint density at radius 2 is 1.85 bits per heavy atom. The first-order valence-corrected chi connectivity index (χ1v) is 10.8. The van der Waals surface area contributed by atoms with Crippen LogP contribution in [0.3, 0.4) is 0 Å². The molecule has 2 heterocycles. The highest BCUT2D eigenvalue weighted by atomic mass is 16.7. The lowest BCUT2D eigenvalue weighted by molar-refractivity contribution is 0.145. The lowest BCUT2D eigenvalue weighted by Crippen LogP contribution is -2.27. The molecule has 1 aliphatic heterocycles. The van der Waals surface area contributed by atoms with Crippen LogP contribution in [0.25, 0.3) is 22.0 Å². The van der Waals surface area contributed by atoms with E-state index in [-0.39, 0.29) is 6.61 Å². The molecule has 0 spiro atoms. The van der Waals surface area contributed by atoms with Crippen LogP contribution in [0.4, 0.5) is 5.69 Å². The van der Waals surface area contributed by atoms with Gasteiger partial charge in [0.05, 0.1) is 0 Å². The SMILES string of the molecule is NNOc1cc(-c2cccc(N)c2)cc2c1OCCO2.OCCCc1c[nH]c2ccccc12. The highest BCUT2D eigenvalue weighted by Gasteiger charge is 2.19. The van der Waals surface area contributed by atoms with Gasteiger partial charge in [-0.1, -0.05) is 35.9 Å². The van der Waals surface area contributed by atoms with E-state index in [4.69, 9.17) is 31.0 Å². The van der Waals surface area contributed by atoms with E-state index in [1.807, 2.05) is 54.7 Å². The average molecular weight is 449 g/mol. The van der Waals surface area contributed by atoms with Crippen molar-refractivity contribution >= 4 is 16.6 Å². The van der Waals surface area contributed by atoms with Crippen LogP contribution in [0.5, 0.6) is 17.2 Å². The van der Waals surface area contributed by atoms with Crippen LogP contribution in [-0.4, -0.2) is 29.9 Å². The number of aliphatic hydroxyl groups is 1. The maximum Gasteiger partial charge on any atom is 0.206 e. The Morgan fingerprint density at radius 1 is 1.00 bits per heavy atom. The van der Waals surface area contributed by atoms with Gasteiger partial charge in [0.25, 0.3) is 0 Å². The van der Waals surface area contributed by atoms with E-state index in [0.717, 1.165) is 24.0 Å². The molecule has 8 heteroatoms. The standard InChI is InChI=1S/C14H15N3O3.C11H13NO/c15-11-3-1-2-9(6-11)10-7-12-14(19-5-4-18-12)13(8-10)20-17-16;13-7-3-4-9-8-12-11-6-2-1-5-10(9)11/h1-3,6-8,17H,4-5,15-16H2;1-2,5-6,8,12-13H,3-4,7H2. The molecular weight excluding hydrogens is 420 g/mol. The number of hydrazine groups is 1. The summed E-state index contributed by atoms with van der Waals surface area (Å²) in [6.45, 7) is 1.24. The summed E-state index contributed by atoms with van der Waals surface area (Å²) >= 11 is 0. The summed E-state index contributed by atoms with van der Waals surface area (Å²) < 4.78 is 11.1. The van der Waals surface area contributed by atoms with Crippen molar-refractivity contribution in [2.24, 2.45) is 5.84 Å². The van der Waals surface area contributed by atoms with Gasteiger partial charge in [0.1, 0.15) is 13.2 Å². The summed E-state index contributed by atoms with van der Waals surface area (Å²) in [6.07, 6.45) is 3.81. The van der Waals surface area contributed by atoms with Gasteiger partial charge >= 0.3 is 0 Å². The quantitative estimate of drug-likeness (QED) is 0.173. The minimum Gasteiger partial charge on any atom is -0.486 e. The number of benzene rings is 3. The molecule has 0 bridgehead atoms. The molecule has 33 heavy (non-hydrogen) atoms. The molecule has 0 unspecified atom stereocenters. The van der Waals surface area contributed by atoms with Gasteiger partial charge in [0, 0.05) is 29.4 Å².